The van der Waals surface area contributed by atoms with Gasteiger partial charge in [0, 0.05) is 26.2 Å². The lowest BCUT2D eigenvalue weighted by molar-refractivity contribution is -0.157. The van der Waals surface area contributed by atoms with Crippen molar-refractivity contribution in [2.24, 2.45) is 5.41 Å². The van der Waals surface area contributed by atoms with Crippen LogP contribution in [0.4, 0.5) is 5.69 Å². The summed E-state index contributed by atoms with van der Waals surface area (Å²) in [5, 5.41) is 12.1. The largest absolute Gasteiger partial charge is 0.481 e. The van der Waals surface area contributed by atoms with E-state index in [0.717, 1.165) is 6.42 Å². The van der Waals surface area contributed by atoms with Crippen molar-refractivity contribution in [3.63, 3.8) is 0 Å². The van der Waals surface area contributed by atoms with Crippen LogP contribution in [0.3, 0.4) is 0 Å². The van der Waals surface area contributed by atoms with Gasteiger partial charge in [-0.3, -0.25) is 14.4 Å². The summed E-state index contributed by atoms with van der Waals surface area (Å²) < 4.78 is 0. The predicted octanol–water partition coefficient (Wildman–Crippen LogP) is 2.63. The van der Waals surface area contributed by atoms with E-state index in [1.54, 1.807) is 20.2 Å². The highest BCUT2D eigenvalue weighted by Gasteiger charge is 2.45. The van der Waals surface area contributed by atoms with Crippen molar-refractivity contribution in [1.82, 2.24) is 4.90 Å². The minimum absolute atomic E-state index is 0.0572. The molecule has 23 heavy (non-hydrogen) atoms. The quantitative estimate of drug-likeness (QED) is 0.864. The van der Waals surface area contributed by atoms with Crippen molar-refractivity contribution in [3.05, 3.63) is 28.8 Å². The van der Waals surface area contributed by atoms with Gasteiger partial charge in [0.15, 0.2) is 0 Å². The summed E-state index contributed by atoms with van der Waals surface area (Å²) in [5.41, 5.74) is -0.153. The van der Waals surface area contributed by atoms with Crippen molar-refractivity contribution in [3.8, 4) is 0 Å². The zero-order valence-electron chi connectivity index (χ0n) is 13.1. The fraction of sp³-hybridized carbons (Fsp3) is 0.438. The molecule has 2 amide bonds. The summed E-state index contributed by atoms with van der Waals surface area (Å²) in [6, 6.07) is 4.61. The lowest BCUT2D eigenvalue weighted by Crippen LogP contribution is -2.41. The Morgan fingerprint density at radius 3 is 2.39 bits per heavy atom. The van der Waals surface area contributed by atoms with Crippen molar-refractivity contribution in [2.45, 2.75) is 25.7 Å². The van der Waals surface area contributed by atoms with Crippen molar-refractivity contribution < 1.29 is 19.5 Å². The first-order valence-electron chi connectivity index (χ1n) is 7.30. The number of amides is 2. The lowest BCUT2D eigenvalue weighted by Gasteiger charge is -2.36. The van der Waals surface area contributed by atoms with Gasteiger partial charge in [-0.2, -0.15) is 0 Å². The van der Waals surface area contributed by atoms with Gasteiger partial charge < -0.3 is 15.3 Å². The molecule has 0 unspecified atom stereocenters. The fourth-order valence-corrected chi connectivity index (χ4v) is 2.85. The summed E-state index contributed by atoms with van der Waals surface area (Å²) in [6.45, 7) is 0. The Hall–Kier alpha value is -2.08. The van der Waals surface area contributed by atoms with Crippen LogP contribution in [0.2, 0.25) is 5.02 Å². The minimum atomic E-state index is -0.936. The van der Waals surface area contributed by atoms with Crippen molar-refractivity contribution in [2.75, 3.05) is 19.4 Å². The molecule has 2 N–H and O–H groups in total. The molecule has 124 valence electrons. The summed E-state index contributed by atoms with van der Waals surface area (Å²) in [7, 11) is 3.25. The van der Waals surface area contributed by atoms with Crippen LogP contribution in [0.25, 0.3) is 0 Å². The van der Waals surface area contributed by atoms with E-state index >= 15 is 0 Å². The molecule has 0 aromatic heterocycles. The molecule has 0 radical (unpaired) electrons. The maximum absolute atomic E-state index is 12.1. The Kier molecular flexibility index (Phi) is 4.94. The molecule has 1 saturated carbocycles. The third kappa shape index (κ3) is 3.64. The van der Waals surface area contributed by atoms with E-state index in [2.05, 4.69) is 5.32 Å². The number of carbonyl (C=O) groups excluding carboxylic acids is 2. The first-order chi connectivity index (χ1) is 10.7. The molecule has 1 aliphatic carbocycles. The molecule has 0 bridgehead atoms. The molecule has 1 aromatic carbocycles. The normalized spacial score (nSPS) is 15.4. The first kappa shape index (κ1) is 17.3. The van der Waals surface area contributed by atoms with Gasteiger partial charge in [-0.05, 0) is 31.0 Å². The third-order valence-corrected chi connectivity index (χ3v) is 4.47. The fourth-order valence-electron chi connectivity index (χ4n) is 2.59. The lowest BCUT2D eigenvalue weighted by atomic mass is 9.66. The van der Waals surface area contributed by atoms with Gasteiger partial charge in [0.2, 0.25) is 5.91 Å². The summed E-state index contributed by atoms with van der Waals surface area (Å²) in [5.74, 6) is -1.52. The van der Waals surface area contributed by atoms with E-state index in [1.165, 1.54) is 17.0 Å². The zero-order valence-corrected chi connectivity index (χ0v) is 13.8. The van der Waals surface area contributed by atoms with E-state index in [4.69, 9.17) is 11.6 Å². The Morgan fingerprint density at radius 1 is 1.30 bits per heavy atom. The van der Waals surface area contributed by atoms with Gasteiger partial charge >= 0.3 is 5.97 Å². The molecule has 1 aliphatic rings. The van der Waals surface area contributed by atoms with Gasteiger partial charge in [-0.25, -0.2) is 0 Å². The Labute approximate surface area is 139 Å². The van der Waals surface area contributed by atoms with E-state index < -0.39 is 11.4 Å². The number of nitrogens with zero attached hydrogens (tertiary/aromatic N) is 1. The van der Waals surface area contributed by atoms with E-state index in [1.807, 2.05) is 0 Å². The molecule has 1 aromatic rings. The van der Waals surface area contributed by atoms with Crippen LogP contribution >= 0.6 is 11.6 Å². The number of rotatable bonds is 5. The highest BCUT2D eigenvalue weighted by molar-refractivity contribution is 6.34. The van der Waals surface area contributed by atoms with Crippen molar-refractivity contribution >= 4 is 35.1 Å². The number of nitrogens with one attached hydrogen (secondary N) is 1. The molecule has 2 rings (SSSR count). The number of halogens is 1. The average molecular weight is 339 g/mol. The zero-order chi connectivity index (χ0) is 17.2. The van der Waals surface area contributed by atoms with E-state index in [0.29, 0.717) is 24.1 Å². The minimum Gasteiger partial charge on any atom is -0.481 e. The Morgan fingerprint density at radius 2 is 1.96 bits per heavy atom. The van der Waals surface area contributed by atoms with Crippen LogP contribution in [0.5, 0.6) is 0 Å². The maximum atomic E-state index is 12.1. The van der Waals surface area contributed by atoms with Crippen LogP contribution in [0, 0.1) is 5.41 Å². The van der Waals surface area contributed by atoms with Gasteiger partial charge in [-0.1, -0.05) is 18.0 Å². The topological polar surface area (TPSA) is 86.7 Å². The second kappa shape index (κ2) is 6.58. The second-order valence-electron chi connectivity index (χ2n) is 6.06. The highest BCUT2D eigenvalue weighted by Crippen LogP contribution is 2.44. The summed E-state index contributed by atoms with van der Waals surface area (Å²) >= 11 is 6.08. The van der Waals surface area contributed by atoms with E-state index in [-0.39, 0.29) is 23.3 Å². The number of aliphatic carboxylic acids is 1. The Bertz CT molecular complexity index is 653. The number of carboxylic acid groups (broad SMARTS) is 1. The van der Waals surface area contributed by atoms with Crippen LogP contribution in [0.15, 0.2) is 18.2 Å². The summed E-state index contributed by atoms with van der Waals surface area (Å²) in [4.78, 5) is 36.7. The molecule has 1 fully saturated rings. The van der Waals surface area contributed by atoms with Gasteiger partial charge in [0.1, 0.15) is 0 Å². The predicted molar refractivity (Wildman–Crippen MR) is 86.6 cm³/mol. The second-order valence-corrected chi connectivity index (χ2v) is 6.47. The monoisotopic (exact) mass is 338 g/mol. The van der Waals surface area contributed by atoms with Crippen LogP contribution in [-0.4, -0.2) is 41.9 Å². The van der Waals surface area contributed by atoms with Crippen molar-refractivity contribution in [1.29, 1.82) is 0 Å². The average Bonchev–Trinajstić information content (AvgIpc) is 2.41. The summed E-state index contributed by atoms with van der Waals surface area (Å²) in [6.07, 6.45) is 1.81. The van der Waals surface area contributed by atoms with Crippen LogP contribution in [0.1, 0.15) is 36.0 Å². The van der Waals surface area contributed by atoms with Gasteiger partial charge in [0.05, 0.1) is 16.0 Å². The Balaban J connectivity index is 2.06. The van der Waals surface area contributed by atoms with Crippen LogP contribution < -0.4 is 5.32 Å². The van der Waals surface area contributed by atoms with Gasteiger partial charge in [0.25, 0.3) is 5.91 Å². The number of benzene rings is 1. The van der Waals surface area contributed by atoms with Gasteiger partial charge in [-0.15, -0.1) is 0 Å². The highest BCUT2D eigenvalue weighted by atomic mass is 35.5. The molecule has 0 saturated heterocycles. The smallest absolute Gasteiger partial charge is 0.310 e. The molecular formula is C16H19ClN2O4. The van der Waals surface area contributed by atoms with Crippen LogP contribution in [-0.2, 0) is 9.59 Å². The molecule has 0 spiro atoms. The first-order valence-corrected chi connectivity index (χ1v) is 7.67. The number of hydrogen-bond acceptors (Lipinski definition) is 3. The molecule has 7 heteroatoms. The molecule has 0 heterocycles. The molecular weight excluding hydrogens is 320 g/mol. The number of carboxylic acids is 1. The molecule has 0 atom stereocenters. The standard InChI is InChI=1S/C16H19ClN2O4/c1-19(2)14(21)11-5-4-10(8-12(11)17)18-13(20)9-16(15(22)23)6-3-7-16/h4-5,8H,3,6-7,9H2,1-2H3,(H,18,20)(H,22,23). The maximum Gasteiger partial charge on any atom is 0.310 e. The number of carbonyl (C=O) groups is 3. The van der Waals surface area contributed by atoms with E-state index in [9.17, 15) is 19.5 Å². The number of anilines is 1. The molecule has 0 aliphatic heterocycles. The SMILES string of the molecule is CN(C)C(=O)c1ccc(NC(=O)CC2(C(=O)O)CCC2)cc1Cl. The number of hydrogen-bond donors (Lipinski definition) is 2. The third-order valence-electron chi connectivity index (χ3n) is 4.15. The molecule has 6 nitrogen and oxygen atoms in total.